The SMILES string of the molecule is COc1ccc(F)c(-c2ccc([C@@H]3COc4ccc([C@H](O)[C@H](C)C(=O)O)cc4O3)c(C(F)(F)F)n2)c1. The van der Waals surface area contributed by atoms with E-state index in [2.05, 4.69) is 4.98 Å². The zero-order chi connectivity index (χ0) is 26.2. The summed E-state index contributed by atoms with van der Waals surface area (Å²) >= 11 is 0. The number of halogens is 4. The Bertz CT molecular complexity index is 1300. The maximum atomic E-state index is 14.4. The van der Waals surface area contributed by atoms with E-state index in [4.69, 9.17) is 19.3 Å². The molecule has 7 nitrogen and oxygen atoms in total. The Labute approximate surface area is 202 Å². The Morgan fingerprint density at radius 3 is 2.56 bits per heavy atom. The third kappa shape index (κ3) is 4.92. The Hall–Kier alpha value is -3.86. The molecule has 2 N–H and O–H groups in total. The van der Waals surface area contributed by atoms with Gasteiger partial charge in [-0.25, -0.2) is 9.37 Å². The Morgan fingerprint density at radius 1 is 1.14 bits per heavy atom. The summed E-state index contributed by atoms with van der Waals surface area (Å²) in [5.41, 5.74) is -1.80. The number of aliphatic carboxylic acids is 1. The lowest BCUT2D eigenvalue weighted by Crippen LogP contribution is -2.26. The Balaban J connectivity index is 1.70. The highest BCUT2D eigenvalue weighted by atomic mass is 19.4. The maximum absolute atomic E-state index is 14.4. The zero-order valence-electron chi connectivity index (χ0n) is 19.0. The normalized spacial score (nSPS) is 16.8. The lowest BCUT2D eigenvalue weighted by atomic mass is 9.97. The van der Waals surface area contributed by atoms with Crippen LogP contribution in [-0.4, -0.2) is 34.9 Å². The van der Waals surface area contributed by atoms with Gasteiger partial charge in [-0.1, -0.05) is 12.1 Å². The molecule has 1 aromatic heterocycles. The van der Waals surface area contributed by atoms with Gasteiger partial charge in [0.05, 0.1) is 24.8 Å². The number of alkyl halides is 3. The molecule has 0 spiro atoms. The number of hydrogen-bond donors (Lipinski definition) is 2. The topological polar surface area (TPSA) is 98.1 Å². The van der Waals surface area contributed by atoms with Crippen LogP contribution in [0.5, 0.6) is 17.2 Å². The fourth-order valence-electron chi connectivity index (χ4n) is 3.78. The van der Waals surface area contributed by atoms with Crippen molar-refractivity contribution in [2.24, 2.45) is 5.92 Å². The number of carbonyl (C=O) groups is 1. The van der Waals surface area contributed by atoms with Crippen LogP contribution >= 0.6 is 0 Å². The minimum Gasteiger partial charge on any atom is -0.497 e. The second kappa shape index (κ2) is 9.65. The van der Waals surface area contributed by atoms with Crippen LogP contribution in [0.1, 0.15) is 36.0 Å². The molecule has 0 amide bonds. The molecule has 0 bridgehead atoms. The van der Waals surface area contributed by atoms with Gasteiger partial charge in [-0.3, -0.25) is 4.79 Å². The zero-order valence-corrected chi connectivity index (χ0v) is 19.0. The van der Waals surface area contributed by atoms with Gasteiger partial charge in [0.1, 0.15) is 18.2 Å². The van der Waals surface area contributed by atoms with Crippen LogP contribution in [0.2, 0.25) is 0 Å². The molecule has 0 radical (unpaired) electrons. The lowest BCUT2D eigenvalue weighted by Gasteiger charge is -2.29. The van der Waals surface area contributed by atoms with Crippen molar-refractivity contribution in [3.63, 3.8) is 0 Å². The monoisotopic (exact) mass is 507 g/mol. The van der Waals surface area contributed by atoms with Gasteiger partial charge in [0.15, 0.2) is 23.3 Å². The number of aromatic nitrogens is 1. The van der Waals surface area contributed by atoms with Crippen LogP contribution in [-0.2, 0) is 11.0 Å². The first-order chi connectivity index (χ1) is 17.0. The highest BCUT2D eigenvalue weighted by Crippen LogP contribution is 2.42. The van der Waals surface area contributed by atoms with Crippen molar-refractivity contribution in [2.75, 3.05) is 13.7 Å². The molecule has 0 saturated carbocycles. The molecule has 2 aromatic carbocycles. The van der Waals surface area contributed by atoms with Crippen molar-refractivity contribution >= 4 is 5.97 Å². The lowest BCUT2D eigenvalue weighted by molar-refractivity contribution is -0.145. The van der Waals surface area contributed by atoms with Crippen molar-refractivity contribution in [1.29, 1.82) is 0 Å². The van der Waals surface area contributed by atoms with Crippen LogP contribution < -0.4 is 14.2 Å². The number of fused-ring (bicyclic) bond motifs is 1. The maximum Gasteiger partial charge on any atom is 0.433 e. The summed E-state index contributed by atoms with van der Waals surface area (Å²) in [5, 5.41) is 19.5. The van der Waals surface area contributed by atoms with E-state index in [1.54, 1.807) is 0 Å². The van der Waals surface area contributed by atoms with Gasteiger partial charge < -0.3 is 24.4 Å². The first-order valence-corrected chi connectivity index (χ1v) is 10.8. The number of rotatable bonds is 6. The number of carboxylic acids is 1. The molecule has 4 rings (SSSR count). The average molecular weight is 507 g/mol. The Kier molecular flexibility index (Phi) is 6.77. The van der Waals surface area contributed by atoms with E-state index in [1.165, 1.54) is 50.4 Å². The summed E-state index contributed by atoms with van der Waals surface area (Å²) in [5.74, 6) is -2.60. The molecule has 0 aliphatic carbocycles. The molecule has 36 heavy (non-hydrogen) atoms. The summed E-state index contributed by atoms with van der Waals surface area (Å²) < 4.78 is 72.8. The van der Waals surface area contributed by atoms with E-state index < -0.39 is 41.8 Å². The number of hydrogen-bond acceptors (Lipinski definition) is 6. The van der Waals surface area contributed by atoms with Gasteiger partial charge in [-0.2, -0.15) is 13.2 Å². The summed E-state index contributed by atoms with van der Waals surface area (Å²) in [6, 6.07) is 10.3. The third-order valence-corrected chi connectivity index (χ3v) is 5.82. The van der Waals surface area contributed by atoms with Crippen LogP contribution in [0, 0.1) is 11.7 Å². The minimum atomic E-state index is -4.89. The molecule has 0 unspecified atom stereocenters. The van der Waals surface area contributed by atoms with Crippen LogP contribution in [0.4, 0.5) is 17.6 Å². The van der Waals surface area contributed by atoms with E-state index >= 15 is 0 Å². The van der Waals surface area contributed by atoms with Crippen molar-refractivity contribution in [1.82, 2.24) is 4.98 Å². The first kappa shape index (κ1) is 25.2. The Morgan fingerprint density at radius 2 is 1.89 bits per heavy atom. The van der Waals surface area contributed by atoms with Gasteiger partial charge >= 0.3 is 12.1 Å². The fraction of sp³-hybridized carbons (Fsp3) is 0.280. The molecule has 3 aromatic rings. The van der Waals surface area contributed by atoms with Crippen LogP contribution in [0.15, 0.2) is 48.5 Å². The van der Waals surface area contributed by atoms with Gasteiger partial charge in [-0.05, 0) is 48.9 Å². The molecular formula is C25H21F4NO6. The molecule has 1 aliphatic rings. The van der Waals surface area contributed by atoms with Gasteiger partial charge in [0.2, 0.25) is 0 Å². The van der Waals surface area contributed by atoms with Crippen LogP contribution in [0.3, 0.4) is 0 Å². The second-order valence-electron chi connectivity index (χ2n) is 8.17. The summed E-state index contributed by atoms with van der Waals surface area (Å²) in [7, 11) is 1.35. The molecule has 0 fully saturated rings. The number of ether oxygens (including phenoxy) is 3. The predicted molar refractivity (Wildman–Crippen MR) is 118 cm³/mol. The van der Waals surface area contributed by atoms with E-state index in [0.717, 1.165) is 12.1 Å². The molecule has 190 valence electrons. The number of carboxylic acid groups (broad SMARTS) is 1. The standard InChI is InChI=1S/C25H21F4NO6/c1-12(24(32)33)22(31)13-3-8-19-20(9-13)36-21(11-35-19)15-5-7-18(30-23(15)25(27,28)29)16-10-14(34-2)4-6-17(16)26/h3-10,12,21-22,31H,11H2,1-2H3,(H,32,33)/t12-,21-,22+/m0/s1. The van der Waals surface area contributed by atoms with Gasteiger partial charge in [-0.15, -0.1) is 0 Å². The van der Waals surface area contributed by atoms with E-state index in [1.807, 2.05) is 0 Å². The number of nitrogens with zero attached hydrogens (tertiary/aromatic N) is 1. The largest absolute Gasteiger partial charge is 0.497 e. The minimum absolute atomic E-state index is 0.0384. The number of aliphatic hydroxyl groups excluding tert-OH is 1. The molecule has 3 atom stereocenters. The molecular weight excluding hydrogens is 486 g/mol. The van der Waals surface area contributed by atoms with Gasteiger partial charge in [0.25, 0.3) is 0 Å². The quantitative estimate of drug-likeness (QED) is 0.444. The predicted octanol–water partition coefficient (Wildman–Crippen LogP) is 5.18. The summed E-state index contributed by atoms with van der Waals surface area (Å²) in [6.07, 6.45) is -7.49. The van der Waals surface area contributed by atoms with Gasteiger partial charge in [0, 0.05) is 11.1 Å². The first-order valence-electron chi connectivity index (χ1n) is 10.8. The van der Waals surface area contributed by atoms with E-state index in [0.29, 0.717) is 0 Å². The van der Waals surface area contributed by atoms with Crippen LogP contribution in [0.25, 0.3) is 11.3 Å². The number of pyridine rings is 1. The number of benzene rings is 2. The van der Waals surface area contributed by atoms with Crippen molar-refractivity contribution in [2.45, 2.75) is 25.3 Å². The molecule has 2 heterocycles. The van der Waals surface area contributed by atoms with Crippen molar-refractivity contribution < 1.29 is 46.8 Å². The third-order valence-electron chi connectivity index (χ3n) is 5.82. The highest BCUT2D eigenvalue weighted by molar-refractivity contribution is 5.70. The smallest absolute Gasteiger partial charge is 0.433 e. The number of aliphatic hydroxyl groups is 1. The fourth-order valence-corrected chi connectivity index (χ4v) is 3.78. The summed E-state index contributed by atoms with van der Waals surface area (Å²) in [4.78, 5) is 14.9. The number of methoxy groups -OCH3 is 1. The molecule has 0 saturated heterocycles. The van der Waals surface area contributed by atoms with E-state index in [-0.39, 0.29) is 46.2 Å². The second-order valence-corrected chi connectivity index (χ2v) is 8.17. The van der Waals surface area contributed by atoms with E-state index in [9.17, 15) is 27.5 Å². The average Bonchev–Trinajstić information content (AvgIpc) is 2.86. The summed E-state index contributed by atoms with van der Waals surface area (Å²) in [6.45, 7) is 1.05. The highest BCUT2D eigenvalue weighted by Gasteiger charge is 2.40. The van der Waals surface area contributed by atoms with Crippen molar-refractivity contribution in [3.8, 4) is 28.5 Å². The molecule has 1 aliphatic heterocycles. The van der Waals surface area contributed by atoms with Crippen molar-refractivity contribution in [3.05, 3.63) is 71.2 Å². The molecule has 11 heteroatoms.